The van der Waals surface area contributed by atoms with Crippen molar-refractivity contribution in [1.29, 1.82) is 0 Å². The zero-order chi connectivity index (χ0) is 70.9. The molecular formula is C98H91BN2S. The van der Waals surface area contributed by atoms with Crippen LogP contribution >= 0.6 is 11.3 Å². The van der Waals surface area contributed by atoms with Crippen LogP contribution in [0, 0.1) is 0 Å². The molecular weight excluding hydrogens is 1250 g/mol. The lowest BCUT2D eigenvalue weighted by Crippen LogP contribution is -2.61. The van der Waals surface area contributed by atoms with E-state index in [9.17, 15) is 0 Å². The Labute approximate surface area is 610 Å². The highest BCUT2D eigenvalue weighted by atomic mass is 32.1. The fourth-order valence-corrected chi connectivity index (χ4v) is 16.8. The van der Waals surface area contributed by atoms with E-state index < -0.39 is 0 Å². The van der Waals surface area contributed by atoms with Crippen molar-refractivity contribution in [1.82, 2.24) is 0 Å². The van der Waals surface area contributed by atoms with Crippen LogP contribution in [0.25, 0.3) is 98.1 Å². The quantitative estimate of drug-likeness (QED) is 0.133. The fraction of sp³-hybridized carbons (Fsp3) is 0.204. The third-order valence-corrected chi connectivity index (χ3v) is 22.7. The van der Waals surface area contributed by atoms with Gasteiger partial charge in [-0.05, 0) is 205 Å². The van der Waals surface area contributed by atoms with E-state index in [1.165, 1.54) is 126 Å². The maximum Gasteiger partial charge on any atom is 0.252 e. The van der Waals surface area contributed by atoms with E-state index in [-0.39, 0.29) is 33.8 Å². The molecule has 0 aliphatic carbocycles. The summed E-state index contributed by atoms with van der Waals surface area (Å²) < 4.78 is 2.56. The van der Waals surface area contributed by atoms with Crippen LogP contribution in [0.4, 0.5) is 34.1 Å². The van der Waals surface area contributed by atoms with Gasteiger partial charge in [-0.1, -0.05) is 316 Å². The first kappa shape index (κ1) is 66.3. The third kappa shape index (κ3) is 12.0. The van der Waals surface area contributed by atoms with Crippen LogP contribution in [0.2, 0.25) is 0 Å². The van der Waals surface area contributed by atoms with Crippen LogP contribution < -0.4 is 26.2 Å². The van der Waals surface area contributed by atoms with Crippen LogP contribution in [-0.4, -0.2) is 6.71 Å². The highest BCUT2D eigenvalue weighted by molar-refractivity contribution is 7.26. The van der Waals surface area contributed by atoms with Crippen molar-refractivity contribution >= 4 is 88.7 Å². The van der Waals surface area contributed by atoms with E-state index in [1.54, 1.807) is 0 Å². The Morgan fingerprint density at radius 3 is 1.08 bits per heavy atom. The Bertz CT molecular complexity index is 5410. The van der Waals surface area contributed by atoms with Gasteiger partial charge in [0.05, 0.1) is 5.69 Å². The van der Waals surface area contributed by atoms with Gasteiger partial charge in [0, 0.05) is 59.7 Å². The molecule has 0 fully saturated rings. The number of fused-ring (bicyclic) bond motifs is 7. The second-order valence-corrected chi connectivity index (χ2v) is 34.9. The zero-order valence-electron chi connectivity index (χ0n) is 61.9. The van der Waals surface area contributed by atoms with E-state index in [4.69, 9.17) is 0 Å². The standard InChI is InChI=1S/C98H91BN2S/c1-94(2,3)73-48-70(49-74(58-73)95(4,5)6)66-43-45-83-85(54-66)100(78-52-68(62-31-20-16-21-32-62)47-69(53-78)63-33-22-17-23-34-63)87-56-72(79-40-30-42-90-91(79)80-39-28-29-41-89(80)102-90)57-88-92(87)99(83)84-46-44-67(71-50-75(96(7,8)9)59-76(51-71)97(10,11)12)55-86(84)101(88)93-81(64-35-24-18-25-36-64)60-77(98(13,14)15)61-82(93)65-37-26-19-27-38-65/h16-61H,1-15H3. The number of rotatable bonds is 9. The molecule has 0 saturated heterocycles. The normalized spacial score (nSPS) is 13.2. The molecule has 0 spiro atoms. The molecule has 502 valence electrons. The third-order valence-electron chi connectivity index (χ3n) is 21.5. The molecule has 14 aromatic rings. The van der Waals surface area contributed by atoms with E-state index >= 15 is 0 Å². The summed E-state index contributed by atoms with van der Waals surface area (Å²) in [6.07, 6.45) is 0. The van der Waals surface area contributed by atoms with Gasteiger partial charge < -0.3 is 9.80 Å². The van der Waals surface area contributed by atoms with Crippen LogP contribution in [0.3, 0.4) is 0 Å². The predicted molar refractivity (Wildman–Crippen MR) is 445 cm³/mol. The van der Waals surface area contributed by atoms with E-state index in [0.29, 0.717) is 0 Å². The molecule has 0 saturated carbocycles. The Morgan fingerprint density at radius 1 is 0.255 bits per heavy atom. The number of hydrogen-bond donors (Lipinski definition) is 0. The Balaban J connectivity index is 1.11. The molecule has 16 rings (SSSR count). The van der Waals surface area contributed by atoms with Crippen LogP contribution in [0.1, 0.15) is 132 Å². The molecule has 0 unspecified atom stereocenters. The summed E-state index contributed by atoms with van der Waals surface area (Å²) in [6, 6.07) is 108. The van der Waals surface area contributed by atoms with E-state index in [0.717, 1.165) is 50.8 Å². The first-order chi connectivity index (χ1) is 48.7. The molecule has 2 nitrogen and oxygen atoms in total. The van der Waals surface area contributed by atoms with Gasteiger partial charge in [-0.2, -0.15) is 0 Å². The summed E-state index contributed by atoms with van der Waals surface area (Å²) >= 11 is 1.89. The number of hydrogen-bond acceptors (Lipinski definition) is 3. The van der Waals surface area contributed by atoms with Crippen molar-refractivity contribution in [3.8, 4) is 77.9 Å². The monoisotopic (exact) mass is 1340 g/mol. The largest absolute Gasteiger partial charge is 0.311 e. The maximum atomic E-state index is 2.75. The molecule has 13 aromatic carbocycles. The fourth-order valence-electron chi connectivity index (χ4n) is 15.7. The van der Waals surface area contributed by atoms with Crippen LogP contribution in [0.15, 0.2) is 279 Å². The molecule has 3 heterocycles. The minimum absolute atomic E-state index is 0.0862. The molecule has 1 aromatic heterocycles. The number of thiophene rings is 1. The first-order valence-electron chi connectivity index (χ1n) is 36.6. The summed E-state index contributed by atoms with van der Waals surface area (Å²) in [7, 11) is 0. The van der Waals surface area contributed by atoms with Crippen molar-refractivity contribution < 1.29 is 0 Å². The second-order valence-electron chi connectivity index (χ2n) is 33.9. The van der Waals surface area contributed by atoms with Gasteiger partial charge in [-0.3, -0.25) is 0 Å². The minimum Gasteiger partial charge on any atom is -0.311 e. The second kappa shape index (κ2) is 24.8. The average molecular weight is 1340 g/mol. The van der Waals surface area contributed by atoms with Crippen molar-refractivity contribution in [3.05, 3.63) is 307 Å². The van der Waals surface area contributed by atoms with E-state index in [2.05, 4.69) is 393 Å². The summed E-state index contributed by atoms with van der Waals surface area (Å²) in [4.78, 5) is 5.43. The Kier molecular flexibility index (Phi) is 16.1. The van der Waals surface area contributed by atoms with Gasteiger partial charge in [0.1, 0.15) is 0 Å². The van der Waals surface area contributed by atoms with Crippen molar-refractivity contribution in [2.45, 2.75) is 131 Å². The molecule has 0 radical (unpaired) electrons. The SMILES string of the molecule is CC(C)(C)c1cc(-c2ccc3c(c2)N(c2cc(-c4ccccc4)cc(-c4ccccc4)c2)c2cc(-c4cccc5sc6ccccc6c45)cc4c2B3c2ccc(-c3cc(C(C)(C)C)cc(C(C)(C)C)c3)cc2N4c2c(-c3ccccc3)cc(C(C)(C)C)cc2-c2ccccc2)cc(C(C)(C)C)c1. The smallest absolute Gasteiger partial charge is 0.252 e. The highest BCUT2D eigenvalue weighted by Crippen LogP contribution is 2.55. The summed E-state index contributed by atoms with van der Waals surface area (Å²) in [6.45, 7) is 35.2. The van der Waals surface area contributed by atoms with Crippen LogP contribution in [0.5, 0.6) is 0 Å². The van der Waals surface area contributed by atoms with Crippen molar-refractivity contribution in [3.63, 3.8) is 0 Å². The molecule has 2 aliphatic rings. The first-order valence-corrected chi connectivity index (χ1v) is 37.4. The predicted octanol–water partition coefficient (Wildman–Crippen LogP) is 26.3. The van der Waals surface area contributed by atoms with Crippen molar-refractivity contribution in [2.75, 3.05) is 9.80 Å². The summed E-state index contributed by atoms with van der Waals surface area (Å²) in [5.41, 5.74) is 33.2. The molecule has 0 amide bonds. The zero-order valence-corrected chi connectivity index (χ0v) is 62.8. The number of benzene rings is 13. The number of anilines is 6. The van der Waals surface area contributed by atoms with E-state index in [1.807, 2.05) is 11.3 Å². The lowest BCUT2D eigenvalue weighted by molar-refractivity contribution is 0.568. The Hall–Kier alpha value is -10.3. The van der Waals surface area contributed by atoms with Gasteiger partial charge in [0.25, 0.3) is 6.71 Å². The molecule has 2 aliphatic heterocycles. The molecule has 102 heavy (non-hydrogen) atoms. The topological polar surface area (TPSA) is 6.48 Å². The highest BCUT2D eigenvalue weighted by Gasteiger charge is 2.46. The molecule has 0 bridgehead atoms. The maximum absolute atomic E-state index is 2.75. The summed E-state index contributed by atoms with van der Waals surface area (Å²) in [5.74, 6) is 0. The van der Waals surface area contributed by atoms with Gasteiger partial charge >= 0.3 is 0 Å². The molecule has 4 heteroatoms. The van der Waals surface area contributed by atoms with Crippen LogP contribution in [-0.2, 0) is 27.1 Å². The average Bonchev–Trinajstić information content (AvgIpc) is 0.727. The minimum atomic E-state index is -0.209. The lowest BCUT2D eigenvalue weighted by Gasteiger charge is -2.45. The summed E-state index contributed by atoms with van der Waals surface area (Å²) in [5, 5.41) is 2.55. The van der Waals surface area contributed by atoms with Gasteiger partial charge in [0.2, 0.25) is 0 Å². The van der Waals surface area contributed by atoms with Gasteiger partial charge in [-0.25, -0.2) is 0 Å². The number of nitrogens with zero attached hydrogens (tertiary/aromatic N) is 2. The van der Waals surface area contributed by atoms with Gasteiger partial charge in [0.15, 0.2) is 0 Å². The van der Waals surface area contributed by atoms with Crippen molar-refractivity contribution in [2.24, 2.45) is 0 Å². The Morgan fingerprint density at radius 2 is 0.627 bits per heavy atom. The molecule has 0 N–H and O–H groups in total. The lowest BCUT2D eigenvalue weighted by atomic mass is 9.33. The molecule has 0 atom stereocenters. The van der Waals surface area contributed by atoms with Gasteiger partial charge in [-0.15, -0.1) is 11.3 Å².